The van der Waals surface area contributed by atoms with Gasteiger partial charge in [0.2, 0.25) is 0 Å². The molecular formula is C14H10ClIN2O4. The van der Waals surface area contributed by atoms with E-state index in [-0.39, 0.29) is 10.6 Å². The first-order chi connectivity index (χ1) is 10.2. The van der Waals surface area contributed by atoms with Gasteiger partial charge in [0.25, 0.3) is 5.79 Å². The van der Waals surface area contributed by atoms with E-state index in [1.54, 1.807) is 6.07 Å². The number of cyclic esters (lactones) is 2. The number of carbonyl (C=O) groups excluding carboxylic acids is 2. The van der Waals surface area contributed by atoms with Crippen molar-refractivity contribution in [1.29, 1.82) is 5.26 Å². The van der Waals surface area contributed by atoms with Crippen molar-refractivity contribution in [2.24, 2.45) is 0 Å². The van der Waals surface area contributed by atoms with E-state index in [0.717, 1.165) is 0 Å². The molecule has 0 saturated carbocycles. The van der Waals surface area contributed by atoms with Gasteiger partial charge in [-0.05, 0) is 34.7 Å². The Bertz CT molecular complexity index is 715. The molecule has 114 valence electrons. The maximum Gasteiger partial charge on any atom is 0.350 e. The van der Waals surface area contributed by atoms with Crippen LogP contribution in [0.2, 0.25) is 5.02 Å². The Hall–Kier alpha value is -1.79. The summed E-state index contributed by atoms with van der Waals surface area (Å²) in [6, 6.07) is 5.08. The highest BCUT2D eigenvalue weighted by molar-refractivity contribution is 14.1. The Balaban J connectivity index is 2.26. The molecule has 1 heterocycles. The number of anilines is 1. The zero-order chi connectivity index (χ0) is 16.5. The van der Waals surface area contributed by atoms with Gasteiger partial charge in [-0.15, -0.1) is 0 Å². The molecule has 0 bridgehead atoms. The molecule has 1 aliphatic rings. The molecule has 6 nitrogen and oxygen atoms in total. The molecule has 8 heteroatoms. The lowest BCUT2D eigenvalue weighted by molar-refractivity contribution is -0.222. The molecule has 1 saturated heterocycles. The first-order valence-electron chi connectivity index (χ1n) is 6.06. The lowest BCUT2D eigenvalue weighted by Gasteiger charge is -2.29. The molecule has 1 aromatic rings. The average molecular weight is 433 g/mol. The molecule has 0 radical (unpaired) electrons. The third kappa shape index (κ3) is 3.51. The normalized spacial score (nSPS) is 16.4. The second-order valence-electron chi connectivity index (χ2n) is 4.80. The molecule has 1 fully saturated rings. The number of benzene rings is 1. The smallest absolute Gasteiger partial charge is 0.350 e. The van der Waals surface area contributed by atoms with Crippen molar-refractivity contribution < 1.29 is 19.1 Å². The average Bonchev–Trinajstić information content (AvgIpc) is 2.39. The number of halogens is 2. The van der Waals surface area contributed by atoms with Crippen molar-refractivity contribution in [3.63, 3.8) is 0 Å². The number of esters is 2. The molecule has 1 N–H and O–H groups in total. The number of ether oxygens (including phenoxy) is 2. The fourth-order valence-electron chi connectivity index (χ4n) is 1.67. The van der Waals surface area contributed by atoms with Gasteiger partial charge in [0, 0.05) is 23.6 Å². The van der Waals surface area contributed by atoms with Gasteiger partial charge in [0.1, 0.15) is 6.07 Å². The zero-order valence-electron chi connectivity index (χ0n) is 11.6. The summed E-state index contributed by atoms with van der Waals surface area (Å²) in [5.74, 6) is -2.83. The monoisotopic (exact) mass is 432 g/mol. The predicted molar refractivity (Wildman–Crippen MR) is 86.9 cm³/mol. The minimum Gasteiger partial charge on any atom is -0.419 e. The van der Waals surface area contributed by atoms with Gasteiger partial charge in [-0.1, -0.05) is 11.6 Å². The second-order valence-corrected chi connectivity index (χ2v) is 6.37. The molecule has 22 heavy (non-hydrogen) atoms. The van der Waals surface area contributed by atoms with E-state index in [1.165, 1.54) is 26.1 Å². The van der Waals surface area contributed by atoms with Crippen molar-refractivity contribution in [2.75, 3.05) is 5.32 Å². The lowest BCUT2D eigenvalue weighted by atomic mass is 10.2. The largest absolute Gasteiger partial charge is 0.419 e. The van der Waals surface area contributed by atoms with Crippen LogP contribution in [0.15, 0.2) is 23.9 Å². The number of hydrogen-bond acceptors (Lipinski definition) is 6. The maximum atomic E-state index is 11.8. The van der Waals surface area contributed by atoms with Crippen LogP contribution in [0, 0.1) is 14.9 Å². The van der Waals surface area contributed by atoms with E-state index in [0.29, 0.717) is 14.8 Å². The molecule has 1 aromatic carbocycles. The van der Waals surface area contributed by atoms with Gasteiger partial charge in [-0.25, -0.2) is 9.59 Å². The molecule has 0 unspecified atom stereocenters. The van der Waals surface area contributed by atoms with Crippen molar-refractivity contribution in [1.82, 2.24) is 0 Å². The van der Waals surface area contributed by atoms with Crippen LogP contribution in [0.25, 0.3) is 0 Å². The first-order valence-corrected chi connectivity index (χ1v) is 7.52. The third-order valence-electron chi connectivity index (χ3n) is 2.67. The molecule has 0 spiro atoms. The number of carbonyl (C=O) groups is 2. The van der Waals surface area contributed by atoms with E-state index in [2.05, 4.69) is 5.32 Å². The fourth-order valence-corrected chi connectivity index (χ4v) is 2.50. The maximum absolute atomic E-state index is 11.8. The third-order valence-corrected chi connectivity index (χ3v) is 3.87. The number of nitrogens with one attached hydrogen (secondary N) is 1. The topological polar surface area (TPSA) is 88.4 Å². The molecule has 0 atom stereocenters. The van der Waals surface area contributed by atoms with Crippen LogP contribution in [0.1, 0.15) is 19.4 Å². The van der Waals surface area contributed by atoms with Gasteiger partial charge in [0.15, 0.2) is 5.57 Å². The van der Waals surface area contributed by atoms with Crippen LogP contribution in [-0.4, -0.2) is 17.7 Å². The fraction of sp³-hybridized carbons (Fsp3) is 0.214. The van der Waals surface area contributed by atoms with Crippen molar-refractivity contribution in [3.8, 4) is 6.07 Å². The summed E-state index contributed by atoms with van der Waals surface area (Å²) in [4.78, 5) is 23.6. The number of rotatable bonds is 2. The van der Waals surface area contributed by atoms with Crippen molar-refractivity contribution >= 4 is 51.8 Å². The van der Waals surface area contributed by atoms with Crippen LogP contribution in [0.4, 0.5) is 5.69 Å². The molecular weight excluding hydrogens is 423 g/mol. The highest BCUT2D eigenvalue weighted by atomic mass is 127. The van der Waals surface area contributed by atoms with E-state index in [4.69, 9.17) is 26.3 Å². The Kier molecular flexibility index (Phi) is 4.63. The minimum absolute atomic E-state index is 0.254. The summed E-state index contributed by atoms with van der Waals surface area (Å²) in [7, 11) is 0. The van der Waals surface area contributed by atoms with E-state index in [1.807, 2.05) is 28.7 Å². The van der Waals surface area contributed by atoms with Gasteiger partial charge in [-0.2, -0.15) is 5.26 Å². The summed E-state index contributed by atoms with van der Waals surface area (Å²) in [6.07, 6.45) is 1.19. The van der Waals surface area contributed by atoms with Gasteiger partial charge >= 0.3 is 11.9 Å². The Morgan fingerprint density at radius 2 is 1.91 bits per heavy atom. The van der Waals surface area contributed by atoms with Crippen LogP contribution in [0.3, 0.4) is 0 Å². The molecule has 0 amide bonds. The van der Waals surface area contributed by atoms with E-state index in [9.17, 15) is 9.59 Å². The number of hydrogen-bond donors (Lipinski definition) is 1. The van der Waals surface area contributed by atoms with E-state index >= 15 is 0 Å². The van der Waals surface area contributed by atoms with Crippen LogP contribution < -0.4 is 5.32 Å². The quantitative estimate of drug-likeness (QED) is 0.335. The minimum atomic E-state index is -1.28. The van der Waals surface area contributed by atoms with Gasteiger partial charge < -0.3 is 14.8 Å². The summed E-state index contributed by atoms with van der Waals surface area (Å²) in [6.45, 7) is 2.94. The molecule has 2 rings (SSSR count). The van der Waals surface area contributed by atoms with Crippen molar-refractivity contribution in [2.45, 2.75) is 19.6 Å². The molecule has 0 aromatic heterocycles. The highest BCUT2D eigenvalue weighted by Gasteiger charge is 2.38. The zero-order valence-corrected chi connectivity index (χ0v) is 14.5. The van der Waals surface area contributed by atoms with E-state index < -0.39 is 17.7 Å². The van der Waals surface area contributed by atoms with Crippen LogP contribution in [-0.2, 0) is 19.1 Å². The standard InChI is InChI=1S/C14H10ClIN2O4/c1-14(2)21-12(19)8(13(20)22-14)6-18-11-4-9(15)7(5-17)3-10(11)16/h3-4,6,18H,1-2H3. The number of nitriles is 1. The van der Waals surface area contributed by atoms with Gasteiger partial charge in [-0.3, -0.25) is 0 Å². The van der Waals surface area contributed by atoms with Crippen LogP contribution >= 0.6 is 34.2 Å². The Morgan fingerprint density at radius 1 is 1.32 bits per heavy atom. The van der Waals surface area contributed by atoms with Crippen molar-refractivity contribution in [3.05, 3.63) is 38.1 Å². The summed E-state index contributed by atoms with van der Waals surface area (Å²) in [5, 5.41) is 12.0. The Morgan fingerprint density at radius 3 is 2.45 bits per heavy atom. The summed E-state index contributed by atoms with van der Waals surface area (Å²) in [5.41, 5.74) is 0.626. The molecule has 0 aliphatic carbocycles. The SMILES string of the molecule is CC1(C)OC(=O)C(=CNc2cc(Cl)c(C#N)cc2I)C(=O)O1. The van der Waals surface area contributed by atoms with Gasteiger partial charge in [0.05, 0.1) is 16.3 Å². The number of nitrogens with zero attached hydrogens (tertiary/aromatic N) is 1. The predicted octanol–water partition coefficient (Wildman–Crippen LogP) is 2.95. The second kappa shape index (κ2) is 6.14. The molecule has 1 aliphatic heterocycles. The van der Waals surface area contributed by atoms with Crippen LogP contribution in [0.5, 0.6) is 0 Å². The summed E-state index contributed by atoms with van der Waals surface area (Å²) >= 11 is 7.95. The lowest BCUT2D eigenvalue weighted by Crippen LogP contribution is -2.42. The Labute approximate surface area is 145 Å². The highest BCUT2D eigenvalue weighted by Crippen LogP contribution is 2.27. The first kappa shape index (κ1) is 16.6. The summed E-state index contributed by atoms with van der Waals surface area (Å²) < 4.78 is 10.7.